The van der Waals surface area contributed by atoms with Gasteiger partial charge in [0.1, 0.15) is 17.1 Å². The third-order valence-corrected chi connectivity index (χ3v) is 4.27. The average Bonchev–Trinajstić information content (AvgIpc) is 2.98. The predicted octanol–water partition coefficient (Wildman–Crippen LogP) is 4.21. The standard InChI is InChI=1S/C17H11ClF3N5O2/c1-8-14-25-24-12-5-6-13(27-2)23-16(12)26(14)15(22-8)10-7-9(3-4-11(10)18)28-17(19,20)21/h3-7H,1-2H3. The number of alkyl halides is 3. The summed E-state index contributed by atoms with van der Waals surface area (Å²) in [6.45, 7) is 1.70. The van der Waals surface area contributed by atoms with Crippen LogP contribution in [0.5, 0.6) is 11.6 Å². The number of fused-ring (bicyclic) bond motifs is 3. The molecule has 0 radical (unpaired) electrons. The Morgan fingerprint density at radius 3 is 2.54 bits per heavy atom. The number of nitrogens with zero attached hydrogens (tertiary/aromatic N) is 5. The highest BCUT2D eigenvalue weighted by Crippen LogP contribution is 2.34. The highest BCUT2D eigenvalue weighted by Gasteiger charge is 2.31. The molecule has 28 heavy (non-hydrogen) atoms. The number of ether oxygens (including phenoxy) is 2. The Balaban J connectivity index is 2.01. The molecule has 4 rings (SSSR count). The fraction of sp³-hybridized carbons (Fsp3) is 0.176. The van der Waals surface area contributed by atoms with Gasteiger partial charge in [0, 0.05) is 11.6 Å². The van der Waals surface area contributed by atoms with Gasteiger partial charge in [-0.25, -0.2) is 4.98 Å². The lowest BCUT2D eigenvalue weighted by atomic mass is 10.2. The van der Waals surface area contributed by atoms with Gasteiger partial charge in [-0.2, -0.15) is 4.98 Å². The van der Waals surface area contributed by atoms with Crippen LogP contribution in [0.4, 0.5) is 13.2 Å². The van der Waals surface area contributed by atoms with Gasteiger partial charge in [0.05, 0.1) is 17.8 Å². The van der Waals surface area contributed by atoms with E-state index in [-0.39, 0.29) is 16.4 Å². The predicted molar refractivity (Wildman–Crippen MR) is 94.5 cm³/mol. The fourth-order valence-electron chi connectivity index (χ4n) is 2.77. The first-order valence-electron chi connectivity index (χ1n) is 7.89. The van der Waals surface area contributed by atoms with Crippen molar-refractivity contribution < 1.29 is 22.6 Å². The van der Waals surface area contributed by atoms with E-state index in [1.165, 1.54) is 13.2 Å². The number of benzene rings is 1. The number of halogens is 4. The number of pyridine rings is 1. The molecule has 4 aromatic rings. The van der Waals surface area contributed by atoms with Crippen molar-refractivity contribution in [2.45, 2.75) is 13.3 Å². The van der Waals surface area contributed by atoms with Crippen molar-refractivity contribution in [3.8, 4) is 23.0 Å². The lowest BCUT2D eigenvalue weighted by Gasteiger charge is -2.11. The van der Waals surface area contributed by atoms with Gasteiger partial charge in [0.15, 0.2) is 11.3 Å². The van der Waals surface area contributed by atoms with Gasteiger partial charge < -0.3 is 9.47 Å². The van der Waals surface area contributed by atoms with Crippen molar-refractivity contribution >= 4 is 28.4 Å². The lowest BCUT2D eigenvalue weighted by molar-refractivity contribution is -0.274. The van der Waals surface area contributed by atoms with Crippen molar-refractivity contribution in [2.75, 3.05) is 7.11 Å². The van der Waals surface area contributed by atoms with E-state index in [4.69, 9.17) is 16.3 Å². The van der Waals surface area contributed by atoms with Gasteiger partial charge in [-0.05, 0) is 31.2 Å². The van der Waals surface area contributed by atoms with Crippen molar-refractivity contribution in [1.29, 1.82) is 0 Å². The maximum absolute atomic E-state index is 12.6. The number of aromatic nitrogens is 5. The van der Waals surface area contributed by atoms with E-state index >= 15 is 0 Å². The summed E-state index contributed by atoms with van der Waals surface area (Å²) in [4.78, 5) is 8.80. The number of hydrogen-bond donors (Lipinski definition) is 0. The Kier molecular flexibility index (Phi) is 4.22. The molecule has 0 saturated heterocycles. The summed E-state index contributed by atoms with van der Waals surface area (Å²) < 4.78 is 48.5. The molecule has 1 aromatic carbocycles. The monoisotopic (exact) mass is 409 g/mol. The summed E-state index contributed by atoms with van der Waals surface area (Å²) in [5.74, 6) is 0.170. The second-order valence-electron chi connectivity index (χ2n) is 5.77. The zero-order valence-corrected chi connectivity index (χ0v) is 15.2. The number of methoxy groups -OCH3 is 1. The Hall–Kier alpha value is -3.14. The second-order valence-corrected chi connectivity index (χ2v) is 6.17. The molecular weight excluding hydrogens is 399 g/mol. The molecule has 0 spiro atoms. The molecule has 0 saturated carbocycles. The SMILES string of the molecule is COc1ccc2nnc3c(C)nc(-c4cc(OC(F)(F)F)ccc4Cl)n3c2n1. The van der Waals surface area contributed by atoms with Gasteiger partial charge >= 0.3 is 6.36 Å². The van der Waals surface area contributed by atoms with E-state index in [1.807, 2.05) is 0 Å². The minimum absolute atomic E-state index is 0.189. The summed E-state index contributed by atoms with van der Waals surface area (Å²) in [5, 5.41) is 8.43. The highest BCUT2D eigenvalue weighted by molar-refractivity contribution is 6.33. The van der Waals surface area contributed by atoms with E-state index in [1.54, 1.807) is 23.5 Å². The summed E-state index contributed by atoms with van der Waals surface area (Å²) in [5.41, 5.74) is 1.95. The zero-order valence-electron chi connectivity index (χ0n) is 14.5. The van der Waals surface area contributed by atoms with E-state index in [9.17, 15) is 13.2 Å². The normalized spacial score (nSPS) is 11.9. The molecule has 0 atom stereocenters. The summed E-state index contributed by atoms with van der Waals surface area (Å²) in [6, 6.07) is 6.88. The molecule has 0 bridgehead atoms. The molecule has 0 fully saturated rings. The Bertz CT molecular complexity index is 1210. The molecule has 0 N–H and O–H groups in total. The second kappa shape index (κ2) is 6.48. The molecule has 0 aliphatic rings. The van der Waals surface area contributed by atoms with Gasteiger partial charge in [-0.3, -0.25) is 4.40 Å². The molecule has 0 aliphatic heterocycles. The lowest BCUT2D eigenvalue weighted by Crippen LogP contribution is -2.17. The third kappa shape index (κ3) is 3.15. The van der Waals surface area contributed by atoms with Crippen LogP contribution in [0.25, 0.3) is 28.2 Å². The molecule has 0 amide bonds. The molecule has 144 valence electrons. The van der Waals surface area contributed by atoms with Crippen LogP contribution >= 0.6 is 11.6 Å². The molecular formula is C17H11ClF3N5O2. The van der Waals surface area contributed by atoms with Crippen LogP contribution in [0.1, 0.15) is 5.69 Å². The van der Waals surface area contributed by atoms with Crippen LogP contribution in [0.3, 0.4) is 0 Å². The summed E-state index contributed by atoms with van der Waals surface area (Å²) in [7, 11) is 1.47. The largest absolute Gasteiger partial charge is 0.573 e. The summed E-state index contributed by atoms with van der Waals surface area (Å²) in [6.07, 6.45) is -4.83. The van der Waals surface area contributed by atoms with Gasteiger partial charge in [0.2, 0.25) is 5.88 Å². The van der Waals surface area contributed by atoms with Crippen molar-refractivity contribution in [2.24, 2.45) is 0 Å². The van der Waals surface area contributed by atoms with Crippen LogP contribution < -0.4 is 9.47 Å². The van der Waals surface area contributed by atoms with E-state index < -0.39 is 12.1 Å². The van der Waals surface area contributed by atoms with Crippen LogP contribution in [-0.4, -0.2) is 38.0 Å². The van der Waals surface area contributed by atoms with Gasteiger partial charge in [-0.15, -0.1) is 23.4 Å². The van der Waals surface area contributed by atoms with Crippen LogP contribution in [-0.2, 0) is 0 Å². The topological polar surface area (TPSA) is 74.4 Å². The van der Waals surface area contributed by atoms with E-state index in [2.05, 4.69) is 24.9 Å². The molecule has 0 unspecified atom stereocenters. The van der Waals surface area contributed by atoms with Crippen molar-refractivity contribution in [3.63, 3.8) is 0 Å². The highest BCUT2D eigenvalue weighted by atomic mass is 35.5. The zero-order chi connectivity index (χ0) is 20.1. The minimum atomic E-state index is -4.83. The number of aryl methyl sites for hydroxylation is 1. The number of hydrogen-bond acceptors (Lipinski definition) is 6. The minimum Gasteiger partial charge on any atom is -0.481 e. The van der Waals surface area contributed by atoms with Gasteiger partial charge in [-0.1, -0.05) is 11.6 Å². The summed E-state index contributed by atoms with van der Waals surface area (Å²) >= 11 is 6.25. The maximum Gasteiger partial charge on any atom is 0.573 e. The Morgan fingerprint density at radius 2 is 1.82 bits per heavy atom. The smallest absolute Gasteiger partial charge is 0.481 e. The number of imidazole rings is 1. The van der Waals surface area contributed by atoms with Crippen LogP contribution in [0.15, 0.2) is 30.3 Å². The first kappa shape index (κ1) is 18.2. The molecule has 11 heteroatoms. The molecule has 3 aromatic heterocycles. The first-order valence-corrected chi connectivity index (χ1v) is 8.27. The molecule has 7 nitrogen and oxygen atoms in total. The average molecular weight is 410 g/mol. The van der Waals surface area contributed by atoms with Crippen LogP contribution in [0, 0.1) is 6.92 Å². The fourth-order valence-corrected chi connectivity index (χ4v) is 2.98. The van der Waals surface area contributed by atoms with Crippen LogP contribution in [0.2, 0.25) is 5.02 Å². The third-order valence-electron chi connectivity index (χ3n) is 3.94. The molecule has 3 heterocycles. The maximum atomic E-state index is 12.6. The Labute approximate surface area is 160 Å². The number of rotatable bonds is 3. The van der Waals surface area contributed by atoms with E-state index in [0.29, 0.717) is 28.4 Å². The quantitative estimate of drug-likeness (QED) is 0.504. The van der Waals surface area contributed by atoms with E-state index in [0.717, 1.165) is 12.1 Å². The first-order chi connectivity index (χ1) is 13.3. The van der Waals surface area contributed by atoms with Crippen molar-refractivity contribution in [1.82, 2.24) is 24.6 Å². The van der Waals surface area contributed by atoms with Gasteiger partial charge in [0.25, 0.3) is 0 Å². The van der Waals surface area contributed by atoms with Crippen molar-refractivity contribution in [3.05, 3.63) is 41.0 Å². The molecule has 0 aliphatic carbocycles. The Morgan fingerprint density at radius 1 is 1.04 bits per heavy atom.